The molecule has 5 heteroatoms. The SMILES string of the molecule is CN1CC(=O)N(c2cccc(C3(CN)CCC3)c2)CC1=O. The first-order valence-corrected chi connectivity index (χ1v) is 7.41. The zero-order valence-corrected chi connectivity index (χ0v) is 12.3. The molecule has 1 aliphatic carbocycles. The number of benzene rings is 1. The van der Waals surface area contributed by atoms with E-state index in [1.54, 1.807) is 11.9 Å². The minimum atomic E-state index is -0.0374. The van der Waals surface area contributed by atoms with E-state index in [4.69, 9.17) is 5.73 Å². The van der Waals surface area contributed by atoms with E-state index < -0.39 is 0 Å². The van der Waals surface area contributed by atoms with Gasteiger partial charge in [-0.1, -0.05) is 18.6 Å². The van der Waals surface area contributed by atoms with Gasteiger partial charge in [-0.2, -0.15) is 0 Å². The van der Waals surface area contributed by atoms with Crippen LogP contribution in [0.5, 0.6) is 0 Å². The standard InChI is InChI=1S/C16H21N3O2/c1-18-9-15(21)19(10-14(18)20)13-5-2-4-12(8-13)16(11-17)6-3-7-16/h2,4-5,8H,3,6-7,9-11,17H2,1H3. The molecule has 0 bridgehead atoms. The number of piperazine rings is 1. The van der Waals surface area contributed by atoms with Crippen molar-refractivity contribution in [2.45, 2.75) is 24.7 Å². The zero-order valence-electron chi connectivity index (χ0n) is 12.3. The van der Waals surface area contributed by atoms with Gasteiger partial charge in [0, 0.05) is 24.7 Å². The van der Waals surface area contributed by atoms with Crippen molar-refractivity contribution in [1.82, 2.24) is 4.90 Å². The van der Waals surface area contributed by atoms with Gasteiger partial charge in [-0.25, -0.2) is 0 Å². The fourth-order valence-electron chi connectivity index (χ4n) is 3.17. The molecule has 1 aromatic carbocycles. The molecule has 1 heterocycles. The molecule has 1 saturated carbocycles. The number of nitrogens with two attached hydrogens (primary N) is 1. The first-order chi connectivity index (χ1) is 10.1. The van der Waals surface area contributed by atoms with Crippen LogP contribution in [0.15, 0.2) is 24.3 Å². The average Bonchev–Trinajstić information content (AvgIpc) is 2.43. The Kier molecular flexibility index (Phi) is 3.45. The van der Waals surface area contributed by atoms with E-state index in [1.165, 1.54) is 16.9 Å². The lowest BCUT2D eigenvalue weighted by Gasteiger charge is -2.42. The van der Waals surface area contributed by atoms with E-state index in [0.717, 1.165) is 18.5 Å². The number of carbonyl (C=O) groups excluding carboxylic acids is 2. The van der Waals surface area contributed by atoms with Gasteiger partial charge in [-0.3, -0.25) is 9.59 Å². The summed E-state index contributed by atoms with van der Waals surface area (Å²) in [4.78, 5) is 27.1. The summed E-state index contributed by atoms with van der Waals surface area (Å²) in [5.74, 6) is -0.0677. The molecule has 3 rings (SSSR count). The summed E-state index contributed by atoms with van der Waals surface area (Å²) in [6.45, 7) is 0.894. The Morgan fingerprint density at radius 1 is 1.19 bits per heavy atom. The predicted molar refractivity (Wildman–Crippen MR) is 81.0 cm³/mol. The molecule has 2 amide bonds. The predicted octanol–water partition coefficient (Wildman–Crippen LogP) is 0.872. The van der Waals surface area contributed by atoms with Gasteiger partial charge in [0.2, 0.25) is 11.8 Å². The van der Waals surface area contributed by atoms with Crippen molar-refractivity contribution in [1.29, 1.82) is 0 Å². The summed E-state index contributed by atoms with van der Waals surface area (Å²) in [5, 5.41) is 0. The molecular formula is C16H21N3O2. The highest BCUT2D eigenvalue weighted by Gasteiger charge is 2.38. The van der Waals surface area contributed by atoms with E-state index >= 15 is 0 Å². The van der Waals surface area contributed by atoms with Crippen LogP contribution < -0.4 is 10.6 Å². The van der Waals surface area contributed by atoms with Gasteiger partial charge in [0.15, 0.2) is 0 Å². The van der Waals surface area contributed by atoms with E-state index in [-0.39, 0.29) is 30.3 Å². The fourth-order valence-corrected chi connectivity index (χ4v) is 3.17. The first kappa shape index (κ1) is 14.1. The molecule has 2 aliphatic rings. The van der Waals surface area contributed by atoms with E-state index in [9.17, 15) is 9.59 Å². The number of amides is 2. The highest BCUT2D eigenvalue weighted by Crippen LogP contribution is 2.43. The molecule has 112 valence electrons. The molecule has 21 heavy (non-hydrogen) atoms. The van der Waals surface area contributed by atoms with Gasteiger partial charge in [0.25, 0.3) is 0 Å². The third kappa shape index (κ3) is 2.31. The number of likely N-dealkylation sites (N-methyl/N-ethyl adjacent to an activating group) is 1. The van der Waals surface area contributed by atoms with Crippen LogP contribution in [0.4, 0.5) is 5.69 Å². The van der Waals surface area contributed by atoms with Crippen LogP contribution in [-0.4, -0.2) is 43.4 Å². The summed E-state index contributed by atoms with van der Waals surface area (Å²) in [6, 6.07) is 7.96. The highest BCUT2D eigenvalue weighted by atomic mass is 16.2. The summed E-state index contributed by atoms with van der Waals surface area (Å²) in [6.07, 6.45) is 3.40. The molecule has 0 atom stereocenters. The molecular weight excluding hydrogens is 266 g/mol. The monoisotopic (exact) mass is 287 g/mol. The van der Waals surface area contributed by atoms with Crippen molar-refractivity contribution in [2.75, 3.05) is 31.6 Å². The zero-order chi connectivity index (χ0) is 15.0. The Labute approximate surface area is 124 Å². The second-order valence-corrected chi connectivity index (χ2v) is 6.12. The van der Waals surface area contributed by atoms with Crippen LogP contribution in [-0.2, 0) is 15.0 Å². The lowest BCUT2D eigenvalue weighted by Crippen LogP contribution is -2.52. The summed E-state index contributed by atoms with van der Waals surface area (Å²) in [5.41, 5.74) is 8.01. The summed E-state index contributed by atoms with van der Waals surface area (Å²) < 4.78 is 0. The van der Waals surface area contributed by atoms with Crippen LogP contribution in [0, 0.1) is 0 Å². The minimum Gasteiger partial charge on any atom is -0.335 e. The lowest BCUT2D eigenvalue weighted by molar-refractivity contribution is -0.136. The van der Waals surface area contributed by atoms with Gasteiger partial charge >= 0.3 is 0 Å². The number of rotatable bonds is 3. The summed E-state index contributed by atoms with van der Waals surface area (Å²) in [7, 11) is 1.66. The number of hydrogen-bond acceptors (Lipinski definition) is 3. The van der Waals surface area contributed by atoms with Gasteiger partial charge in [0.05, 0.1) is 6.54 Å². The molecule has 0 aromatic heterocycles. The topological polar surface area (TPSA) is 66.6 Å². The van der Waals surface area contributed by atoms with Crippen molar-refractivity contribution >= 4 is 17.5 Å². The maximum atomic E-state index is 12.2. The third-order valence-electron chi connectivity index (χ3n) is 4.86. The van der Waals surface area contributed by atoms with Crippen LogP contribution >= 0.6 is 0 Å². The van der Waals surface area contributed by atoms with E-state index in [2.05, 4.69) is 6.07 Å². The molecule has 1 aliphatic heterocycles. The summed E-state index contributed by atoms with van der Waals surface area (Å²) >= 11 is 0. The number of hydrogen-bond donors (Lipinski definition) is 1. The third-order valence-corrected chi connectivity index (χ3v) is 4.86. The number of carbonyl (C=O) groups is 2. The maximum absolute atomic E-state index is 12.2. The molecule has 1 saturated heterocycles. The van der Waals surface area contributed by atoms with E-state index in [0.29, 0.717) is 6.54 Å². The smallest absolute Gasteiger partial charge is 0.247 e. The second-order valence-electron chi connectivity index (χ2n) is 6.12. The van der Waals surface area contributed by atoms with Gasteiger partial charge in [-0.05, 0) is 30.5 Å². The Hall–Kier alpha value is -1.88. The minimum absolute atomic E-state index is 0.0304. The second kappa shape index (κ2) is 5.15. The molecule has 5 nitrogen and oxygen atoms in total. The molecule has 2 N–H and O–H groups in total. The Balaban J connectivity index is 1.89. The van der Waals surface area contributed by atoms with Crippen LogP contribution in [0.2, 0.25) is 0 Å². The Bertz CT molecular complexity index is 575. The van der Waals surface area contributed by atoms with Crippen LogP contribution in [0.25, 0.3) is 0 Å². The lowest BCUT2D eigenvalue weighted by atomic mass is 9.64. The van der Waals surface area contributed by atoms with Crippen molar-refractivity contribution in [2.24, 2.45) is 5.73 Å². The maximum Gasteiger partial charge on any atom is 0.247 e. The molecule has 1 aromatic rings. The van der Waals surface area contributed by atoms with Crippen LogP contribution in [0.3, 0.4) is 0 Å². The van der Waals surface area contributed by atoms with Gasteiger partial charge in [-0.15, -0.1) is 0 Å². The van der Waals surface area contributed by atoms with Crippen LogP contribution in [0.1, 0.15) is 24.8 Å². The van der Waals surface area contributed by atoms with Crippen molar-refractivity contribution in [3.63, 3.8) is 0 Å². The number of nitrogens with zero attached hydrogens (tertiary/aromatic N) is 2. The molecule has 2 fully saturated rings. The van der Waals surface area contributed by atoms with Crippen molar-refractivity contribution in [3.05, 3.63) is 29.8 Å². The Morgan fingerprint density at radius 3 is 2.57 bits per heavy atom. The Morgan fingerprint density at radius 2 is 1.95 bits per heavy atom. The van der Waals surface area contributed by atoms with E-state index in [1.807, 2.05) is 18.2 Å². The quantitative estimate of drug-likeness (QED) is 0.897. The average molecular weight is 287 g/mol. The van der Waals surface area contributed by atoms with Gasteiger partial charge in [0.1, 0.15) is 6.54 Å². The van der Waals surface area contributed by atoms with Gasteiger partial charge < -0.3 is 15.5 Å². The molecule has 0 unspecified atom stereocenters. The first-order valence-electron chi connectivity index (χ1n) is 7.41. The fraction of sp³-hybridized carbons (Fsp3) is 0.500. The highest BCUT2D eigenvalue weighted by molar-refractivity contribution is 6.04. The van der Waals surface area contributed by atoms with Crippen molar-refractivity contribution < 1.29 is 9.59 Å². The number of anilines is 1. The normalized spacial score (nSPS) is 21.4. The van der Waals surface area contributed by atoms with Crippen molar-refractivity contribution in [3.8, 4) is 0 Å². The molecule has 0 spiro atoms. The molecule has 0 radical (unpaired) electrons. The largest absolute Gasteiger partial charge is 0.335 e.